The number of carbonyl (C=O) groups excluding carboxylic acids is 1. The number of piperidine rings is 1. The number of allylic oxidation sites excluding steroid dienone is 1. The normalized spacial score (nSPS) is 17.0. The van der Waals surface area contributed by atoms with E-state index in [9.17, 15) is 4.79 Å². The van der Waals surface area contributed by atoms with E-state index in [4.69, 9.17) is 0 Å². The Morgan fingerprint density at radius 2 is 1.81 bits per heavy atom. The van der Waals surface area contributed by atoms with Gasteiger partial charge in [0.1, 0.15) is 0 Å². The molecule has 3 nitrogen and oxygen atoms in total. The summed E-state index contributed by atoms with van der Waals surface area (Å²) in [5, 5.41) is 0. The van der Waals surface area contributed by atoms with Crippen molar-refractivity contribution in [1.29, 1.82) is 0 Å². The van der Waals surface area contributed by atoms with Crippen molar-refractivity contribution in [2.24, 2.45) is 5.92 Å². The highest BCUT2D eigenvalue weighted by atomic mass is 16.2. The molecule has 21 heavy (non-hydrogen) atoms. The minimum atomic E-state index is 0.215. The summed E-state index contributed by atoms with van der Waals surface area (Å²) in [6.07, 6.45) is 13.7. The number of likely N-dealkylation sites (tertiary alicyclic amines) is 1. The Bertz CT molecular complexity index is 304. The molecule has 1 amide bonds. The average Bonchev–Trinajstić information content (AvgIpc) is 2.46. The van der Waals surface area contributed by atoms with Gasteiger partial charge in [-0.2, -0.15) is 0 Å². The van der Waals surface area contributed by atoms with Gasteiger partial charge in [-0.3, -0.25) is 4.79 Å². The van der Waals surface area contributed by atoms with Crippen molar-refractivity contribution in [2.45, 2.75) is 58.3 Å². The topological polar surface area (TPSA) is 23.6 Å². The predicted octanol–water partition coefficient (Wildman–Crippen LogP) is 3.70. The Kier molecular flexibility index (Phi) is 9.40. The first kappa shape index (κ1) is 18.2. The lowest BCUT2D eigenvalue weighted by Crippen LogP contribution is -2.39. The van der Waals surface area contributed by atoms with Gasteiger partial charge in [0, 0.05) is 19.6 Å². The fourth-order valence-corrected chi connectivity index (χ4v) is 3.01. The smallest absolute Gasteiger partial charge is 0.246 e. The second-order valence-corrected chi connectivity index (χ2v) is 6.64. The molecule has 122 valence electrons. The fraction of sp³-hybridized carbons (Fsp3) is 0.833. The van der Waals surface area contributed by atoms with Crippen LogP contribution in [-0.4, -0.2) is 49.4 Å². The Balaban J connectivity index is 2.13. The molecule has 0 radical (unpaired) electrons. The van der Waals surface area contributed by atoms with Gasteiger partial charge in [-0.1, -0.05) is 38.7 Å². The van der Waals surface area contributed by atoms with E-state index in [0.717, 1.165) is 44.8 Å². The first-order valence-corrected chi connectivity index (χ1v) is 8.73. The average molecular weight is 294 g/mol. The van der Waals surface area contributed by atoms with E-state index in [-0.39, 0.29) is 5.91 Å². The van der Waals surface area contributed by atoms with Crippen molar-refractivity contribution in [3.8, 4) is 0 Å². The summed E-state index contributed by atoms with van der Waals surface area (Å²) in [7, 11) is 4.25. The highest BCUT2D eigenvalue weighted by Crippen LogP contribution is 2.18. The first-order valence-electron chi connectivity index (χ1n) is 8.73. The van der Waals surface area contributed by atoms with Crippen LogP contribution < -0.4 is 0 Å². The lowest BCUT2D eigenvalue weighted by molar-refractivity contribution is -0.127. The number of hydrogen-bond acceptors (Lipinski definition) is 2. The van der Waals surface area contributed by atoms with Gasteiger partial charge in [-0.15, -0.1) is 0 Å². The summed E-state index contributed by atoms with van der Waals surface area (Å²) in [6, 6.07) is 0. The van der Waals surface area contributed by atoms with Gasteiger partial charge in [-0.25, -0.2) is 0 Å². The third-order valence-electron chi connectivity index (χ3n) is 4.28. The van der Waals surface area contributed by atoms with Crippen LogP contribution in [-0.2, 0) is 4.79 Å². The first-order chi connectivity index (χ1) is 10.1. The molecular formula is C18H34N2O. The number of rotatable bonds is 9. The maximum Gasteiger partial charge on any atom is 0.246 e. The van der Waals surface area contributed by atoms with Gasteiger partial charge in [0.05, 0.1) is 0 Å². The molecule has 0 bridgehead atoms. The van der Waals surface area contributed by atoms with Crippen molar-refractivity contribution in [3.05, 3.63) is 12.2 Å². The van der Waals surface area contributed by atoms with Crippen LogP contribution in [0.25, 0.3) is 0 Å². The second-order valence-electron chi connectivity index (χ2n) is 6.64. The summed E-state index contributed by atoms with van der Waals surface area (Å²) in [5.74, 6) is 0.971. The van der Waals surface area contributed by atoms with E-state index in [1.807, 2.05) is 4.90 Å². The Hall–Kier alpha value is -0.830. The molecule has 1 aliphatic rings. The molecule has 1 aliphatic heterocycles. The third-order valence-corrected chi connectivity index (χ3v) is 4.28. The second kappa shape index (κ2) is 10.8. The van der Waals surface area contributed by atoms with E-state index < -0.39 is 0 Å². The van der Waals surface area contributed by atoms with Crippen LogP contribution in [0.2, 0.25) is 0 Å². The molecule has 0 spiro atoms. The van der Waals surface area contributed by atoms with Crippen LogP contribution in [0.1, 0.15) is 58.3 Å². The third kappa shape index (κ3) is 8.25. The van der Waals surface area contributed by atoms with Crippen LogP contribution >= 0.6 is 0 Å². The molecule has 3 heteroatoms. The Morgan fingerprint density at radius 3 is 2.43 bits per heavy atom. The van der Waals surface area contributed by atoms with Gasteiger partial charge >= 0.3 is 0 Å². The molecular weight excluding hydrogens is 260 g/mol. The van der Waals surface area contributed by atoms with Crippen LogP contribution in [0.5, 0.6) is 0 Å². The number of unbranched alkanes of at least 4 members (excludes halogenated alkanes) is 5. The lowest BCUT2D eigenvalue weighted by atomic mass is 9.96. The van der Waals surface area contributed by atoms with Crippen LogP contribution in [0.4, 0.5) is 0 Å². The monoisotopic (exact) mass is 294 g/mol. The summed E-state index contributed by atoms with van der Waals surface area (Å²) in [5.41, 5.74) is 0. The molecule has 0 aromatic heterocycles. The van der Waals surface area contributed by atoms with E-state index in [2.05, 4.69) is 32.0 Å². The van der Waals surface area contributed by atoms with E-state index in [0.29, 0.717) is 0 Å². The molecule has 0 saturated carbocycles. The summed E-state index contributed by atoms with van der Waals surface area (Å²) >= 11 is 0. The molecule has 0 N–H and O–H groups in total. The summed E-state index contributed by atoms with van der Waals surface area (Å²) in [4.78, 5) is 16.4. The highest BCUT2D eigenvalue weighted by molar-refractivity contribution is 5.87. The van der Waals surface area contributed by atoms with Crippen LogP contribution in [0, 0.1) is 5.92 Å². The number of hydrogen-bond donors (Lipinski definition) is 0. The Morgan fingerprint density at radius 1 is 1.14 bits per heavy atom. The van der Waals surface area contributed by atoms with Crippen molar-refractivity contribution < 1.29 is 4.79 Å². The zero-order valence-corrected chi connectivity index (χ0v) is 14.3. The van der Waals surface area contributed by atoms with Crippen LogP contribution in [0.15, 0.2) is 12.2 Å². The SMILES string of the molecule is CCCCCCCC=CC(=O)N1CCC(CN(C)C)CC1. The molecule has 0 atom stereocenters. The molecule has 1 saturated heterocycles. The van der Waals surface area contributed by atoms with E-state index >= 15 is 0 Å². The van der Waals surface area contributed by atoms with Crippen molar-refractivity contribution in [1.82, 2.24) is 9.80 Å². The van der Waals surface area contributed by atoms with Crippen molar-refractivity contribution in [2.75, 3.05) is 33.7 Å². The fourth-order valence-electron chi connectivity index (χ4n) is 3.01. The highest BCUT2D eigenvalue weighted by Gasteiger charge is 2.21. The lowest BCUT2D eigenvalue weighted by Gasteiger charge is -2.32. The number of amides is 1. The number of carbonyl (C=O) groups is 1. The van der Waals surface area contributed by atoms with Crippen molar-refractivity contribution in [3.63, 3.8) is 0 Å². The minimum Gasteiger partial charge on any atom is -0.339 e. The zero-order valence-electron chi connectivity index (χ0n) is 14.3. The zero-order chi connectivity index (χ0) is 15.5. The van der Waals surface area contributed by atoms with Gasteiger partial charge in [0.15, 0.2) is 0 Å². The molecule has 0 aromatic carbocycles. The standard InChI is InChI=1S/C18H34N2O/c1-4-5-6-7-8-9-10-11-18(21)20-14-12-17(13-15-20)16-19(2)3/h10-11,17H,4-9,12-16H2,1-3H3. The number of nitrogens with zero attached hydrogens (tertiary/aromatic N) is 2. The maximum atomic E-state index is 12.1. The van der Waals surface area contributed by atoms with Gasteiger partial charge in [0.2, 0.25) is 5.91 Å². The maximum absolute atomic E-state index is 12.1. The predicted molar refractivity (Wildman–Crippen MR) is 90.4 cm³/mol. The van der Waals surface area contributed by atoms with E-state index in [1.54, 1.807) is 6.08 Å². The molecule has 0 aliphatic carbocycles. The Labute approximate surface area is 131 Å². The van der Waals surface area contributed by atoms with E-state index in [1.165, 1.54) is 32.1 Å². The molecule has 0 aromatic rings. The molecule has 1 rings (SSSR count). The van der Waals surface area contributed by atoms with Gasteiger partial charge in [-0.05, 0) is 51.8 Å². The largest absolute Gasteiger partial charge is 0.339 e. The summed E-state index contributed by atoms with van der Waals surface area (Å²) in [6.45, 7) is 5.24. The molecule has 1 heterocycles. The van der Waals surface area contributed by atoms with Crippen molar-refractivity contribution >= 4 is 5.91 Å². The molecule has 0 unspecified atom stereocenters. The minimum absolute atomic E-state index is 0.215. The van der Waals surface area contributed by atoms with Gasteiger partial charge < -0.3 is 9.80 Å². The molecule has 1 fully saturated rings. The van der Waals surface area contributed by atoms with Gasteiger partial charge in [0.25, 0.3) is 0 Å². The summed E-state index contributed by atoms with van der Waals surface area (Å²) < 4.78 is 0. The van der Waals surface area contributed by atoms with Crippen LogP contribution in [0.3, 0.4) is 0 Å². The quantitative estimate of drug-likeness (QED) is 0.478.